The van der Waals surface area contributed by atoms with E-state index in [1.807, 2.05) is 18.2 Å². The molecule has 0 N–H and O–H groups in total. The van der Waals surface area contributed by atoms with E-state index >= 15 is 0 Å². The molecule has 0 aliphatic carbocycles. The molecule has 0 saturated carbocycles. The van der Waals surface area contributed by atoms with E-state index in [-0.39, 0.29) is 12.0 Å². The quantitative estimate of drug-likeness (QED) is 0.0721. The van der Waals surface area contributed by atoms with Crippen molar-refractivity contribution in [1.29, 1.82) is 0 Å². The molecule has 1 atom stereocenters. The van der Waals surface area contributed by atoms with Crippen LogP contribution in [0.4, 0.5) is 0 Å². The maximum atomic E-state index is 12.8. The van der Waals surface area contributed by atoms with Crippen molar-refractivity contribution < 1.29 is 18.8 Å². The molecule has 2 rings (SSSR count). The van der Waals surface area contributed by atoms with Gasteiger partial charge in [0.2, 0.25) is 0 Å². The Morgan fingerprint density at radius 3 is 1.80 bits per heavy atom. The summed E-state index contributed by atoms with van der Waals surface area (Å²) in [6, 6.07) is 18.8. The highest BCUT2D eigenvalue weighted by molar-refractivity contribution is 5.74. The van der Waals surface area contributed by atoms with Gasteiger partial charge in [-0.2, -0.15) is 0 Å². The Morgan fingerprint density at radius 1 is 0.659 bits per heavy atom. The fourth-order valence-corrected chi connectivity index (χ4v) is 5.70. The summed E-state index contributed by atoms with van der Waals surface area (Å²) in [5.41, 5.74) is 2.63. The van der Waals surface area contributed by atoms with Crippen molar-refractivity contribution in [2.45, 2.75) is 129 Å². The first kappa shape index (κ1) is 34.9. The molecule has 230 valence electrons. The summed E-state index contributed by atoms with van der Waals surface area (Å²) in [5, 5.41) is 0. The third kappa shape index (κ3) is 15.5. The molecule has 41 heavy (non-hydrogen) atoms. The Labute approximate surface area is 252 Å². The van der Waals surface area contributed by atoms with Gasteiger partial charge in [-0.1, -0.05) is 127 Å². The maximum Gasteiger partial charge on any atom is 0.364 e. The van der Waals surface area contributed by atoms with Crippen LogP contribution in [-0.2, 0) is 22.5 Å². The molecule has 2 aromatic carbocycles. The number of hydrogen-bond donors (Lipinski definition) is 0. The average Bonchev–Trinajstić information content (AvgIpc) is 2.96. The van der Waals surface area contributed by atoms with Crippen LogP contribution in [0.2, 0.25) is 0 Å². The number of carbonyl (C=O) groups is 1. The molecule has 2 aromatic rings. The van der Waals surface area contributed by atoms with Crippen LogP contribution in [0.25, 0.3) is 0 Å². The number of likely N-dealkylation sites (N-methyl/N-ethyl adjacent to an activating group) is 1. The number of ether oxygens (including phenoxy) is 2. The van der Waals surface area contributed by atoms with Crippen molar-refractivity contribution in [3.63, 3.8) is 0 Å². The molecular formula is C37H60NO3+. The molecule has 0 spiro atoms. The van der Waals surface area contributed by atoms with Crippen molar-refractivity contribution in [1.82, 2.24) is 0 Å². The zero-order valence-electron chi connectivity index (χ0n) is 26.9. The SMILES string of the molecule is CCCCCCCCCCCCCCc1ccc(OCCCCOC(=O)C(CC)[N+](C)(C)Cc2ccccc2)cc1. The summed E-state index contributed by atoms with van der Waals surface area (Å²) in [5.74, 6) is 0.824. The van der Waals surface area contributed by atoms with Crippen molar-refractivity contribution in [2.75, 3.05) is 27.3 Å². The van der Waals surface area contributed by atoms with Crippen LogP contribution in [0.1, 0.15) is 121 Å². The Kier molecular flexibility index (Phi) is 18.2. The summed E-state index contributed by atoms with van der Waals surface area (Å²) in [7, 11) is 4.22. The predicted molar refractivity (Wildman–Crippen MR) is 173 cm³/mol. The van der Waals surface area contributed by atoms with Gasteiger partial charge >= 0.3 is 5.97 Å². The van der Waals surface area contributed by atoms with E-state index in [2.05, 4.69) is 64.3 Å². The van der Waals surface area contributed by atoms with Crippen LogP contribution in [0.5, 0.6) is 5.75 Å². The monoisotopic (exact) mass is 566 g/mol. The smallest absolute Gasteiger partial charge is 0.364 e. The first-order valence-corrected chi connectivity index (χ1v) is 16.7. The molecule has 0 aliphatic heterocycles. The zero-order valence-corrected chi connectivity index (χ0v) is 26.9. The lowest BCUT2D eigenvalue weighted by molar-refractivity contribution is -0.919. The number of esters is 1. The zero-order chi connectivity index (χ0) is 29.6. The lowest BCUT2D eigenvalue weighted by Crippen LogP contribution is -2.52. The number of carbonyl (C=O) groups excluding carboxylic acids is 1. The highest BCUT2D eigenvalue weighted by Gasteiger charge is 2.34. The number of nitrogens with zero attached hydrogens (tertiary/aromatic N) is 1. The van der Waals surface area contributed by atoms with Gasteiger partial charge in [0.25, 0.3) is 0 Å². The molecule has 0 heterocycles. The first-order chi connectivity index (χ1) is 20.0. The van der Waals surface area contributed by atoms with Crippen LogP contribution in [0.15, 0.2) is 54.6 Å². The summed E-state index contributed by atoms with van der Waals surface area (Å²) < 4.78 is 12.2. The lowest BCUT2D eigenvalue weighted by atomic mass is 10.0. The van der Waals surface area contributed by atoms with Crippen LogP contribution >= 0.6 is 0 Å². The summed E-state index contributed by atoms with van der Waals surface area (Å²) in [6.45, 7) is 6.24. The van der Waals surface area contributed by atoms with E-state index < -0.39 is 0 Å². The summed E-state index contributed by atoms with van der Waals surface area (Å²) in [4.78, 5) is 12.8. The van der Waals surface area contributed by atoms with Gasteiger partial charge in [-0.05, 0) is 43.4 Å². The van der Waals surface area contributed by atoms with Gasteiger partial charge in [0.1, 0.15) is 12.3 Å². The Morgan fingerprint density at radius 2 is 1.22 bits per heavy atom. The lowest BCUT2D eigenvalue weighted by Gasteiger charge is -2.36. The van der Waals surface area contributed by atoms with Crippen LogP contribution in [0.3, 0.4) is 0 Å². The summed E-state index contributed by atoms with van der Waals surface area (Å²) in [6.07, 6.45) is 20.3. The molecule has 0 bridgehead atoms. The number of unbranched alkanes of at least 4 members (excludes halogenated alkanes) is 12. The van der Waals surface area contributed by atoms with Crippen LogP contribution in [0, 0.1) is 0 Å². The van der Waals surface area contributed by atoms with Crippen molar-refractivity contribution >= 4 is 5.97 Å². The molecule has 0 aromatic heterocycles. The number of rotatable bonds is 24. The molecule has 0 fully saturated rings. The van der Waals surface area contributed by atoms with Crippen molar-refractivity contribution in [3.8, 4) is 5.75 Å². The minimum absolute atomic E-state index is 0.0990. The number of benzene rings is 2. The molecular weight excluding hydrogens is 506 g/mol. The number of quaternary nitrogens is 1. The van der Waals surface area contributed by atoms with Crippen molar-refractivity contribution in [3.05, 3.63) is 65.7 Å². The Hall–Kier alpha value is -2.33. The molecule has 4 nitrogen and oxygen atoms in total. The fourth-order valence-electron chi connectivity index (χ4n) is 5.70. The molecule has 1 unspecified atom stereocenters. The van der Waals surface area contributed by atoms with Gasteiger partial charge in [0, 0.05) is 12.0 Å². The van der Waals surface area contributed by atoms with E-state index in [0.717, 1.165) is 38.0 Å². The van der Waals surface area contributed by atoms with Crippen molar-refractivity contribution in [2.24, 2.45) is 0 Å². The molecule has 0 radical (unpaired) electrons. The van der Waals surface area contributed by atoms with Gasteiger partial charge in [0.05, 0.1) is 27.3 Å². The highest BCUT2D eigenvalue weighted by atomic mass is 16.5. The number of aryl methyl sites for hydroxylation is 1. The van der Waals surface area contributed by atoms with Crippen LogP contribution < -0.4 is 4.74 Å². The maximum absolute atomic E-state index is 12.8. The standard InChI is InChI=1S/C37H60NO3/c1-5-7-8-9-10-11-12-13-14-15-16-18-23-33-26-28-35(29-27-33)40-30-21-22-31-41-37(39)36(6-2)38(3,4)32-34-24-19-17-20-25-34/h17,19-20,24-29,36H,5-16,18,21-23,30-32H2,1-4H3/q+1. The Balaban J connectivity index is 1.50. The fraction of sp³-hybridized carbons (Fsp3) is 0.649. The molecule has 0 aliphatic rings. The third-order valence-corrected chi connectivity index (χ3v) is 8.23. The largest absolute Gasteiger partial charge is 0.494 e. The molecule has 0 amide bonds. The Bertz CT molecular complexity index is 910. The van der Waals surface area contributed by atoms with E-state index in [4.69, 9.17) is 9.47 Å². The second-order valence-electron chi connectivity index (χ2n) is 12.4. The third-order valence-electron chi connectivity index (χ3n) is 8.23. The number of hydrogen-bond acceptors (Lipinski definition) is 3. The van der Waals surface area contributed by atoms with Gasteiger partial charge in [0.15, 0.2) is 6.04 Å². The molecule has 4 heteroatoms. The normalized spacial score (nSPS) is 12.3. The second kappa shape index (κ2) is 21.4. The predicted octanol–water partition coefficient (Wildman–Crippen LogP) is 9.69. The van der Waals surface area contributed by atoms with Gasteiger partial charge in [-0.3, -0.25) is 0 Å². The topological polar surface area (TPSA) is 35.5 Å². The van der Waals surface area contributed by atoms with E-state index in [1.165, 1.54) is 88.2 Å². The van der Waals surface area contributed by atoms with E-state index in [9.17, 15) is 4.79 Å². The van der Waals surface area contributed by atoms with Gasteiger partial charge in [-0.15, -0.1) is 0 Å². The second-order valence-corrected chi connectivity index (χ2v) is 12.4. The minimum atomic E-state index is -0.167. The van der Waals surface area contributed by atoms with E-state index in [1.54, 1.807) is 0 Å². The van der Waals surface area contributed by atoms with Gasteiger partial charge in [-0.25, -0.2) is 4.79 Å². The van der Waals surface area contributed by atoms with Crippen LogP contribution in [-0.4, -0.2) is 43.8 Å². The first-order valence-electron chi connectivity index (χ1n) is 16.7. The minimum Gasteiger partial charge on any atom is -0.494 e. The van der Waals surface area contributed by atoms with Gasteiger partial charge < -0.3 is 14.0 Å². The summed E-state index contributed by atoms with van der Waals surface area (Å²) >= 11 is 0. The average molecular weight is 567 g/mol. The molecule has 0 saturated heterocycles. The van der Waals surface area contributed by atoms with E-state index in [0.29, 0.717) is 17.7 Å². The highest BCUT2D eigenvalue weighted by Crippen LogP contribution is 2.19.